The number of aromatic nitrogens is 2. The summed E-state index contributed by atoms with van der Waals surface area (Å²) in [5.41, 5.74) is 3.71. The average molecular weight is 257 g/mol. The first kappa shape index (κ1) is 12.1. The van der Waals surface area contributed by atoms with Crippen LogP contribution in [0.25, 0.3) is 28.2 Å². The Morgan fingerprint density at radius 3 is 2.80 bits per heavy atom. The molecule has 0 saturated carbocycles. The first-order chi connectivity index (χ1) is 9.88. The van der Waals surface area contributed by atoms with E-state index in [-0.39, 0.29) is 0 Å². The van der Waals surface area contributed by atoms with Crippen LogP contribution >= 0.6 is 0 Å². The summed E-state index contributed by atoms with van der Waals surface area (Å²) >= 11 is 0. The number of rotatable bonds is 2. The smallest absolute Gasteiger partial charge is 0.0912 e. The molecule has 2 aromatic heterocycles. The van der Waals surface area contributed by atoms with Gasteiger partial charge in [-0.1, -0.05) is 18.2 Å². The minimum atomic E-state index is 0.856. The maximum absolute atomic E-state index is 8.72. The largest absolute Gasteiger partial charge is 0.264 e. The lowest BCUT2D eigenvalue weighted by Crippen LogP contribution is -1.89. The molecule has 0 N–H and O–H groups in total. The molecule has 3 aromatic rings. The normalized spacial score (nSPS) is 10.8. The van der Waals surface area contributed by atoms with Crippen molar-refractivity contribution in [1.29, 1.82) is 5.26 Å². The van der Waals surface area contributed by atoms with Crippen molar-refractivity contribution in [2.24, 2.45) is 0 Å². The molecule has 0 aliphatic carbocycles. The third kappa shape index (κ3) is 2.27. The topological polar surface area (TPSA) is 49.6 Å². The molecule has 0 atom stereocenters. The minimum Gasteiger partial charge on any atom is -0.264 e. The molecule has 1 aromatic carbocycles. The Bertz CT molecular complexity index is 815. The highest BCUT2D eigenvalue weighted by molar-refractivity contribution is 5.90. The van der Waals surface area contributed by atoms with E-state index in [1.807, 2.05) is 54.6 Å². The van der Waals surface area contributed by atoms with Crippen LogP contribution in [0.1, 0.15) is 5.56 Å². The third-order valence-electron chi connectivity index (χ3n) is 3.04. The number of nitrogens with zero attached hydrogens (tertiary/aromatic N) is 3. The van der Waals surface area contributed by atoms with Crippen LogP contribution in [-0.4, -0.2) is 9.97 Å². The van der Waals surface area contributed by atoms with Gasteiger partial charge in [0.25, 0.3) is 0 Å². The van der Waals surface area contributed by atoms with Crippen LogP contribution in [-0.2, 0) is 0 Å². The van der Waals surface area contributed by atoms with Gasteiger partial charge in [0.05, 0.1) is 17.3 Å². The van der Waals surface area contributed by atoms with Crippen molar-refractivity contribution in [3.8, 4) is 17.3 Å². The maximum atomic E-state index is 8.72. The van der Waals surface area contributed by atoms with E-state index >= 15 is 0 Å². The van der Waals surface area contributed by atoms with E-state index in [1.54, 1.807) is 12.4 Å². The van der Waals surface area contributed by atoms with Crippen molar-refractivity contribution >= 4 is 17.0 Å². The van der Waals surface area contributed by atoms with Crippen molar-refractivity contribution in [2.75, 3.05) is 0 Å². The van der Waals surface area contributed by atoms with Crippen molar-refractivity contribution < 1.29 is 0 Å². The monoisotopic (exact) mass is 257 g/mol. The van der Waals surface area contributed by atoms with Crippen molar-refractivity contribution in [1.82, 2.24) is 9.97 Å². The zero-order valence-corrected chi connectivity index (χ0v) is 10.7. The Morgan fingerprint density at radius 1 is 1.10 bits per heavy atom. The fraction of sp³-hybridized carbons (Fsp3) is 0. The van der Waals surface area contributed by atoms with Crippen LogP contribution in [0.2, 0.25) is 0 Å². The van der Waals surface area contributed by atoms with Gasteiger partial charge in [-0.05, 0) is 35.9 Å². The number of hydrogen-bond acceptors (Lipinski definition) is 3. The number of benzene rings is 1. The average Bonchev–Trinajstić information content (AvgIpc) is 2.53. The molecule has 2 heterocycles. The predicted molar refractivity (Wildman–Crippen MR) is 79.6 cm³/mol. The van der Waals surface area contributed by atoms with Crippen LogP contribution in [0.4, 0.5) is 0 Å². The van der Waals surface area contributed by atoms with E-state index in [0.29, 0.717) is 0 Å². The van der Waals surface area contributed by atoms with Gasteiger partial charge in [-0.25, -0.2) is 4.98 Å². The highest BCUT2D eigenvalue weighted by Crippen LogP contribution is 2.25. The van der Waals surface area contributed by atoms with Gasteiger partial charge in [0.15, 0.2) is 0 Å². The Hall–Kier alpha value is -2.99. The Balaban J connectivity index is 2.26. The Morgan fingerprint density at radius 2 is 2.00 bits per heavy atom. The van der Waals surface area contributed by atoms with E-state index in [0.717, 1.165) is 27.7 Å². The number of fused-ring (bicyclic) bond motifs is 1. The molecule has 0 aliphatic rings. The molecule has 3 heteroatoms. The van der Waals surface area contributed by atoms with Crippen molar-refractivity contribution in [3.05, 3.63) is 66.5 Å². The van der Waals surface area contributed by atoms with E-state index in [9.17, 15) is 0 Å². The highest BCUT2D eigenvalue weighted by Gasteiger charge is 2.05. The molecule has 0 radical (unpaired) electrons. The lowest BCUT2D eigenvalue weighted by Gasteiger charge is -2.06. The van der Waals surface area contributed by atoms with Gasteiger partial charge in [0, 0.05) is 29.4 Å². The summed E-state index contributed by atoms with van der Waals surface area (Å²) in [5.74, 6) is 0. The maximum Gasteiger partial charge on any atom is 0.0912 e. The standard InChI is InChI=1S/C17H11N3/c18-9-3-5-13-11-17(14-6-4-10-19-12-14)20-16-8-2-1-7-15(13)16/h1-8,10-12H/b5-3-. The molecule has 0 spiro atoms. The van der Waals surface area contributed by atoms with E-state index in [2.05, 4.69) is 9.97 Å². The van der Waals surface area contributed by atoms with E-state index < -0.39 is 0 Å². The summed E-state index contributed by atoms with van der Waals surface area (Å²) in [4.78, 5) is 8.78. The number of pyridine rings is 2. The summed E-state index contributed by atoms with van der Waals surface area (Å²) in [7, 11) is 0. The van der Waals surface area contributed by atoms with Gasteiger partial charge >= 0.3 is 0 Å². The molecule has 0 amide bonds. The first-order valence-electron chi connectivity index (χ1n) is 6.25. The molecular weight excluding hydrogens is 246 g/mol. The first-order valence-corrected chi connectivity index (χ1v) is 6.25. The molecule has 3 rings (SSSR count). The third-order valence-corrected chi connectivity index (χ3v) is 3.04. The number of allylic oxidation sites excluding steroid dienone is 1. The van der Waals surface area contributed by atoms with Gasteiger partial charge in [0.1, 0.15) is 0 Å². The van der Waals surface area contributed by atoms with Gasteiger partial charge in [-0.15, -0.1) is 0 Å². The summed E-state index contributed by atoms with van der Waals surface area (Å²) < 4.78 is 0. The molecule has 0 aliphatic heterocycles. The summed E-state index contributed by atoms with van der Waals surface area (Å²) in [6, 6.07) is 15.8. The van der Waals surface area contributed by atoms with Crippen molar-refractivity contribution in [2.45, 2.75) is 0 Å². The zero-order valence-electron chi connectivity index (χ0n) is 10.7. The Kier molecular flexibility index (Phi) is 3.22. The lowest BCUT2D eigenvalue weighted by atomic mass is 10.0. The highest BCUT2D eigenvalue weighted by atomic mass is 14.7. The number of nitriles is 1. The fourth-order valence-corrected chi connectivity index (χ4v) is 2.13. The molecule has 0 fully saturated rings. The molecule has 3 nitrogen and oxygen atoms in total. The van der Waals surface area contributed by atoms with Gasteiger partial charge in [0.2, 0.25) is 0 Å². The molecule has 94 valence electrons. The predicted octanol–water partition coefficient (Wildman–Crippen LogP) is 3.83. The van der Waals surface area contributed by atoms with Crippen LogP contribution in [0.3, 0.4) is 0 Å². The molecular formula is C17H11N3. The second kappa shape index (κ2) is 5.33. The molecule has 0 unspecified atom stereocenters. The second-order valence-corrected chi connectivity index (χ2v) is 4.32. The fourth-order valence-electron chi connectivity index (χ4n) is 2.13. The molecule has 0 saturated heterocycles. The minimum absolute atomic E-state index is 0.856. The van der Waals surface area contributed by atoms with E-state index in [4.69, 9.17) is 5.26 Å². The molecule has 20 heavy (non-hydrogen) atoms. The van der Waals surface area contributed by atoms with Crippen LogP contribution in [0, 0.1) is 11.3 Å². The van der Waals surface area contributed by atoms with Crippen LogP contribution < -0.4 is 0 Å². The van der Waals surface area contributed by atoms with Crippen LogP contribution in [0.15, 0.2) is 60.9 Å². The Labute approximate surface area is 116 Å². The van der Waals surface area contributed by atoms with Gasteiger partial charge in [-0.3, -0.25) is 4.98 Å². The van der Waals surface area contributed by atoms with E-state index in [1.165, 1.54) is 6.08 Å². The SMILES string of the molecule is N#C/C=C\c1cc(-c2cccnc2)nc2ccccc12. The summed E-state index contributed by atoms with van der Waals surface area (Å²) in [5, 5.41) is 9.76. The second-order valence-electron chi connectivity index (χ2n) is 4.32. The lowest BCUT2D eigenvalue weighted by molar-refractivity contribution is 1.30. The van der Waals surface area contributed by atoms with Crippen LogP contribution in [0.5, 0.6) is 0 Å². The summed E-state index contributed by atoms with van der Waals surface area (Å²) in [6.45, 7) is 0. The zero-order chi connectivity index (χ0) is 13.8. The number of para-hydroxylation sites is 1. The van der Waals surface area contributed by atoms with Gasteiger partial charge < -0.3 is 0 Å². The quantitative estimate of drug-likeness (QED) is 0.655. The van der Waals surface area contributed by atoms with Crippen molar-refractivity contribution in [3.63, 3.8) is 0 Å². The summed E-state index contributed by atoms with van der Waals surface area (Å²) in [6.07, 6.45) is 6.81. The molecule has 0 bridgehead atoms. The van der Waals surface area contributed by atoms with Gasteiger partial charge in [-0.2, -0.15) is 5.26 Å². The number of hydrogen-bond donors (Lipinski definition) is 0.